The van der Waals surface area contributed by atoms with Crippen molar-refractivity contribution in [3.8, 4) is 5.88 Å². The first-order valence-corrected chi connectivity index (χ1v) is 7.63. The number of urea groups is 1. The van der Waals surface area contributed by atoms with Crippen molar-refractivity contribution in [1.29, 1.82) is 0 Å². The van der Waals surface area contributed by atoms with E-state index >= 15 is 0 Å². The fraction of sp³-hybridized carbons (Fsp3) is 0.600. The van der Waals surface area contributed by atoms with Gasteiger partial charge < -0.3 is 25.4 Å². The van der Waals surface area contributed by atoms with Crippen LogP contribution in [-0.4, -0.2) is 60.4 Å². The van der Waals surface area contributed by atoms with Crippen LogP contribution in [0.2, 0.25) is 0 Å². The minimum absolute atomic E-state index is 0.213. The summed E-state index contributed by atoms with van der Waals surface area (Å²) in [6, 6.07) is 3.03. The van der Waals surface area contributed by atoms with Crippen LogP contribution >= 0.6 is 0 Å². The Kier molecular flexibility index (Phi) is 6.42. The summed E-state index contributed by atoms with van der Waals surface area (Å²) in [5, 5.41) is 15.3. The smallest absolute Gasteiger partial charge is 0.319 e. The van der Waals surface area contributed by atoms with Crippen molar-refractivity contribution >= 4 is 11.7 Å². The summed E-state index contributed by atoms with van der Waals surface area (Å²) in [5.74, 6) is 0.353. The molecule has 22 heavy (non-hydrogen) atoms. The lowest BCUT2D eigenvalue weighted by Gasteiger charge is -2.28. The highest BCUT2D eigenvalue weighted by atomic mass is 16.5. The maximum absolute atomic E-state index is 11.8. The van der Waals surface area contributed by atoms with Gasteiger partial charge in [-0.05, 0) is 38.1 Å². The monoisotopic (exact) mass is 308 g/mol. The predicted molar refractivity (Wildman–Crippen MR) is 84.1 cm³/mol. The number of rotatable bonds is 6. The normalized spacial score (nSPS) is 16.8. The highest BCUT2D eigenvalue weighted by Crippen LogP contribution is 2.19. The number of likely N-dealkylation sites (tertiary alicyclic amines) is 1. The topological polar surface area (TPSA) is 86.7 Å². The van der Waals surface area contributed by atoms with Gasteiger partial charge in [-0.3, -0.25) is 0 Å². The first-order valence-electron chi connectivity index (χ1n) is 7.63. The van der Waals surface area contributed by atoms with Gasteiger partial charge in [-0.2, -0.15) is 0 Å². The van der Waals surface area contributed by atoms with Gasteiger partial charge in [-0.15, -0.1) is 0 Å². The van der Waals surface area contributed by atoms with E-state index in [2.05, 4.69) is 20.5 Å². The Morgan fingerprint density at radius 1 is 1.45 bits per heavy atom. The number of aliphatic hydroxyl groups is 1. The number of β-amino-alcohol motifs (C(OH)–C–C–N with tert-alkyl or cyclic N) is 1. The molecular weight excluding hydrogens is 284 g/mol. The van der Waals surface area contributed by atoms with Gasteiger partial charge in [-0.1, -0.05) is 6.42 Å². The van der Waals surface area contributed by atoms with E-state index in [9.17, 15) is 9.90 Å². The van der Waals surface area contributed by atoms with Crippen molar-refractivity contribution in [2.45, 2.75) is 25.4 Å². The molecule has 7 heteroatoms. The van der Waals surface area contributed by atoms with Crippen molar-refractivity contribution in [2.75, 3.05) is 38.6 Å². The second-order valence-corrected chi connectivity index (χ2v) is 5.41. The molecule has 7 nitrogen and oxygen atoms in total. The van der Waals surface area contributed by atoms with Gasteiger partial charge in [0.25, 0.3) is 0 Å². The fourth-order valence-corrected chi connectivity index (χ4v) is 2.53. The van der Waals surface area contributed by atoms with E-state index in [4.69, 9.17) is 4.74 Å². The van der Waals surface area contributed by atoms with Crippen molar-refractivity contribution < 1.29 is 14.6 Å². The van der Waals surface area contributed by atoms with Gasteiger partial charge in [0.05, 0.1) is 13.2 Å². The Morgan fingerprint density at radius 2 is 2.23 bits per heavy atom. The van der Waals surface area contributed by atoms with E-state index in [1.54, 1.807) is 18.3 Å². The molecule has 0 spiro atoms. The zero-order valence-corrected chi connectivity index (χ0v) is 12.9. The van der Waals surface area contributed by atoms with Crippen LogP contribution in [0.15, 0.2) is 18.3 Å². The second-order valence-electron chi connectivity index (χ2n) is 5.41. The molecule has 1 aromatic rings. The number of pyridine rings is 1. The first-order chi connectivity index (χ1) is 10.7. The number of carbonyl (C=O) groups excluding carboxylic acids is 1. The third kappa shape index (κ3) is 5.16. The number of piperidine rings is 1. The van der Waals surface area contributed by atoms with Gasteiger partial charge in [0.1, 0.15) is 5.69 Å². The standard InChI is InChI=1S/C15H24N4O3/c1-22-14-13(6-5-7-16-14)18-15(21)17-10-12(20)11-19-8-3-2-4-9-19/h5-7,12,20H,2-4,8-11H2,1H3,(H2,17,18,21)/t12-/m0/s1. The molecule has 1 aliphatic rings. The van der Waals surface area contributed by atoms with E-state index in [0.29, 0.717) is 18.1 Å². The summed E-state index contributed by atoms with van der Waals surface area (Å²) in [4.78, 5) is 18.1. The number of amides is 2. The fourth-order valence-electron chi connectivity index (χ4n) is 2.53. The van der Waals surface area contributed by atoms with Gasteiger partial charge in [-0.25, -0.2) is 9.78 Å². The lowest BCUT2D eigenvalue weighted by Crippen LogP contribution is -2.43. The summed E-state index contributed by atoms with van der Waals surface area (Å²) in [7, 11) is 1.49. The summed E-state index contributed by atoms with van der Waals surface area (Å²) in [5.41, 5.74) is 0.494. The SMILES string of the molecule is COc1ncccc1NC(=O)NC[C@H](O)CN1CCCCC1. The number of nitrogens with one attached hydrogen (secondary N) is 2. The minimum Gasteiger partial charge on any atom is -0.480 e. The van der Waals surface area contributed by atoms with Gasteiger partial charge in [0.15, 0.2) is 0 Å². The molecule has 0 unspecified atom stereocenters. The van der Waals surface area contributed by atoms with Crippen LogP contribution in [0.5, 0.6) is 5.88 Å². The maximum Gasteiger partial charge on any atom is 0.319 e. The number of nitrogens with zero attached hydrogens (tertiary/aromatic N) is 2. The average Bonchev–Trinajstić information content (AvgIpc) is 2.54. The molecule has 1 atom stereocenters. The van der Waals surface area contributed by atoms with Gasteiger partial charge in [0, 0.05) is 19.3 Å². The number of ether oxygens (including phenoxy) is 1. The lowest BCUT2D eigenvalue weighted by molar-refractivity contribution is 0.102. The summed E-state index contributed by atoms with van der Waals surface area (Å²) < 4.78 is 5.06. The molecule has 2 rings (SSSR count). The molecule has 3 N–H and O–H groups in total. The zero-order chi connectivity index (χ0) is 15.8. The number of anilines is 1. The van der Waals surface area contributed by atoms with E-state index in [0.717, 1.165) is 13.1 Å². The minimum atomic E-state index is -0.570. The second kappa shape index (κ2) is 8.55. The highest BCUT2D eigenvalue weighted by Gasteiger charge is 2.15. The number of aromatic nitrogens is 1. The van der Waals surface area contributed by atoms with Crippen LogP contribution in [-0.2, 0) is 0 Å². The van der Waals surface area contributed by atoms with E-state index in [-0.39, 0.29) is 12.6 Å². The van der Waals surface area contributed by atoms with Crippen LogP contribution in [0, 0.1) is 0 Å². The number of hydrogen-bond acceptors (Lipinski definition) is 5. The Balaban J connectivity index is 1.72. The largest absolute Gasteiger partial charge is 0.480 e. The highest BCUT2D eigenvalue weighted by molar-refractivity contribution is 5.90. The number of aliphatic hydroxyl groups excluding tert-OH is 1. The number of methoxy groups -OCH3 is 1. The number of carbonyl (C=O) groups is 1. The molecule has 0 radical (unpaired) electrons. The Labute approximate surface area is 130 Å². The quantitative estimate of drug-likeness (QED) is 0.731. The van der Waals surface area contributed by atoms with Crippen molar-refractivity contribution in [1.82, 2.24) is 15.2 Å². The van der Waals surface area contributed by atoms with E-state index in [1.165, 1.54) is 26.4 Å². The van der Waals surface area contributed by atoms with Crippen molar-refractivity contribution in [2.24, 2.45) is 0 Å². The summed E-state index contributed by atoms with van der Waals surface area (Å²) >= 11 is 0. The molecule has 0 aromatic carbocycles. The Bertz CT molecular complexity index is 478. The molecule has 1 aliphatic heterocycles. The van der Waals surface area contributed by atoms with Crippen LogP contribution < -0.4 is 15.4 Å². The summed E-state index contributed by atoms with van der Waals surface area (Å²) in [6.45, 7) is 2.85. The van der Waals surface area contributed by atoms with Gasteiger partial charge in [0.2, 0.25) is 5.88 Å². The van der Waals surface area contributed by atoms with Crippen LogP contribution in [0.3, 0.4) is 0 Å². The molecule has 2 amide bonds. The van der Waals surface area contributed by atoms with Crippen molar-refractivity contribution in [3.05, 3.63) is 18.3 Å². The maximum atomic E-state index is 11.8. The molecule has 2 heterocycles. The molecule has 122 valence electrons. The van der Waals surface area contributed by atoms with Gasteiger partial charge >= 0.3 is 6.03 Å². The van der Waals surface area contributed by atoms with Crippen LogP contribution in [0.25, 0.3) is 0 Å². The zero-order valence-electron chi connectivity index (χ0n) is 12.9. The molecule has 0 aliphatic carbocycles. The number of hydrogen-bond donors (Lipinski definition) is 3. The molecule has 0 bridgehead atoms. The predicted octanol–water partition coefficient (Wildman–Crippen LogP) is 1.06. The third-order valence-corrected chi connectivity index (χ3v) is 3.63. The molecule has 1 aromatic heterocycles. The molecule has 0 saturated carbocycles. The van der Waals surface area contributed by atoms with Crippen molar-refractivity contribution in [3.63, 3.8) is 0 Å². The average molecular weight is 308 g/mol. The first kappa shape index (κ1) is 16.5. The summed E-state index contributed by atoms with van der Waals surface area (Å²) in [6.07, 6.45) is 4.65. The molecular formula is C15H24N4O3. The Morgan fingerprint density at radius 3 is 2.95 bits per heavy atom. The molecule has 1 saturated heterocycles. The molecule has 1 fully saturated rings. The Hall–Kier alpha value is -1.86. The lowest BCUT2D eigenvalue weighted by atomic mass is 10.1. The van der Waals surface area contributed by atoms with Crippen LogP contribution in [0.1, 0.15) is 19.3 Å². The van der Waals surface area contributed by atoms with E-state index < -0.39 is 6.10 Å². The van der Waals surface area contributed by atoms with Crippen LogP contribution in [0.4, 0.5) is 10.5 Å². The third-order valence-electron chi connectivity index (χ3n) is 3.63. The van der Waals surface area contributed by atoms with E-state index in [1.807, 2.05) is 0 Å².